The van der Waals surface area contributed by atoms with E-state index in [2.05, 4.69) is 51.6 Å². The highest BCUT2D eigenvalue weighted by atomic mass is 16.5. The summed E-state index contributed by atoms with van der Waals surface area (Å²) >= 11 is 0. The SMILES string of the molecule is CCNC(=NCc1ccc(CN2CCCCC2)cc1)NCC1CCCN1CCOC. The summed E-state index contributed by atoms with van der Waals surface area (Å²) in [6.45, 7) is 11.2. The van der Waals surface area contributed by atoms with Crippen LogP contribution in [0.15, 0.2) is 29.3 Å². The van der Waals surface area contributed by atoms with Crippen LogP contribution in [0.25, 0.3) is 0 Å². The lowest BCUT2D eigenvalue weighted by molar-refractivity contribution is 0.141. The second-order valence-corrected chi connectivity index (χ2v) is 8.55. The maximum Gasteiger partial charge on any atom is 0.191 e. The van der Waals surface area contributed by atoms with Crippen molar-refractivity contribution >= 4 is 5.96 Å². The third kappa shape index (κ3) is 7.56. The molecule has 3 rings (SSSR count). The number of nitrogens with one attached hydrogen (secondary N) is 2. The van der Waals surface area contributed by atoms with E-state index in [0.29, 0.717) is 12.6 Å². The largest absolute Gasteiger partial charge is 0.383 e. The van der Waals surface area contributed by atoms with Crippen LogP contribution in [-0.2, 0) is 17.8 Å². The minimum atomic E-state index is 0.568. The zero-order chi connectivity index (χ0) is 21.0. The summed E-state index contributed by atoms with van der Waals surface area (Å²) in [6, 6.07) is 9.57. The van der Waals surface area contributed by atoms with Gasteiger partial charge in [0, 0.05) is 39.3 Å². The van der Waals surface area contributed by atoms with E-state index in [1.807, 2.05) is 0 Å². The quantitative estimate of drug-likeness (QED) is 0.455. The first-order valence-corrected chi connectivity index (χ1v) is 11.8. The lowest BCUT2D eigenvalue weighted by atomic mass is 10.1. The Kier molecular flexibility index (Phi) is 9.93. The van der Waals surface area contributed by atoms with Gasteiger partial charge in [-0.15, -0.1) is 0 Å². The fourth-order valence-electron chi connectivity index (χ4n) is 4.48. The molecule has 0 bridgehead atoms. The van der Waals surface area contributed by atoms with Crippen LogP contribution in [0.5, 0.6) is 0 Å². The van der Waals surface area contributed by atoms with Crippen molar-refractivity contribution in [3.8, 4) is 0 Å². The van der Waals surface area contributed by atoms with Crippen LogP contribution in [0.2, 0.25) is 0 Å². The Morgan fingerprint density at radius 1 is 1.03 bits per heavy atom. The highest BCUT2D eigenvalue weighted by Crippen LogP contribution is 2.16. The molecule has 0 radical (unpaired) electrons. The number of methoxy groups -OCH3 is 1. The number of benzene rings is 1. The zero-order valence-corrected chi connectivity index (χ0v) is 19.0. The van der Waals surface area contributed by atoms with E-state index in [1.54, 1.807) is 7.11 Å². The van der Waals surface area contributed by atoms with Gasteiger partial charge in [-0.2, -0.15) is 0 Å². The lowest BCUT2D eigenvalue weighted by Crippen LogP contribution is -2.45. The number of nitrogens with zero attached hydrogens (tertiary/aromatic N) is 3. The first-order valence-electron chi connectivity index (χ1n) is 11.8. The Hall–Kier alpha value is -1.63. The van der Waals surface area contributed by atoms with Gasteiger partial charge in [0.15, 0.2) is 5.96 Å². The predicted octanol–water partition coefficient (Wildman–Crippen LogP) is 2.84. The Bertz CT molecular complexity index is 627. The maximum absolute atomic E-state index is 5.25. The van der Waals surface area contributed by atoms with Gasteiger partial charge >= 0.3 is 0 Å². The number of guanidine groups is 1. The zero-order valence-electron chi connectivity index (χ0n) is 19.0. The van der Waals surface area contributed by atoms with Crippen LogP contribution >= 0.6 is 0 Å². The molecule has 1 unspecified atom stereocenters. The van der Waals surface area contributed by atoms with Gasteiger partial charge in [-0.25, -0.2) is 4.99 Å². The molecule has 2 saturated heterocycles. The molecule has 2 heterocycles. The first-order chi connectivity index (χ1) is 14.8. The molecule has 0 spiro atoms. The number of hydrogen-bond acceptors (Lipinski definition) is 4. The van der Waals surface area contributed by atoms with Crippen molar-refractivity contribution in [2.75, 3.05) is 53.0 Å². The molecule has 1 aromatic carbocycles. The van der Waals surface area contributed by atoms with E-state index in [9.17, 15) is 0 Å². The summed E-state index contributed by atoms with van der Waals surface area (Å²) in [4.78, 5) is 9.92. The third-order valence-electron chi connectivity index (χ3n) is 6.23. The number of rotatable bonds is 10. The van der Waals surface area contributed by atoms with Gasteiger partial charge in [0.25, 0.3) is 0 Å². The average molecular weight is 416 g/mol. The van der Waals surface area contributed by atoms with Gasteiger partial charge in [-0.3, -0.25) is 9.80 Å². The van der Waals surface area contributed by atoms with E-state index >= 15 is 0 Å². The fraction of sp³-hybridized carbons (Fsp3) is 0.708. The van der Waals surface area contributed by atoms with E-state index in [0.717, 1.165) is 38.7 Å². The number of ether oxygens (including phenoxy) is 1. The highest BCUT2D eigenvalue weighted by molar-refractivity contribution is 5.79. The van der Waals surface area contributed by atoms with Gasteiger partial charge < -0.3 is 15.4 Å². The summed E-state index contributed by atoms with van der Waals surface area (Å²) in [5, 5.41) is 6.94. The number of aliphatic imine (C=N–C) groups is 1. The average Bonchev–Trinajstić information content (AvgIpc) is 3.23. The number of piperidine rings is 1. The molecule has 168 valence electrons. The molecule has 0 aromatic heterocycles. The van der Waals surface area contributed by atoms with Crippen molar-refractivity contribution in [1.29, 1.82) is 0 Å². The summed E-state index contributed by atoms with van der Waals surface area (Å²) < 4.78 is 5.25. The molecule has 1 aromatic rings. The second kappa shape index (κ2) is 12.9. The van der Waals surface area contributed by atoms with E-state index in [-0.39, 0.29) is 0 Å². The van der Waals surface area contributed by atoms with Crippen LogP contribution in [0, 0.1) is 0 Å². The van der Waals surface area contributed by atoms with E-state index in [1.165, 1.54) is 62.9 Å². The molecule has 30 heavy (non-hydrogen) atoms. The van der Waals surface area contributed by atoms with Crippen molar-refractivity contribution in [2.45, 2.75) is 58.2 Å². The number of hydrogen-bond donors (Lipinski definition) is 2. The molecule has 6 nitrogen and oxygen atoms in total. The second-order valence-electron chi connectivity index (χ2n) is 8.55. The van der Waals surface area contributed by atoms with Gasteiger partial charge in [0.05, 0.1) is 13.2 Å². The van der Waals surface area contributed by atoms with Crippen molar-refractivity contribution in [3.63, 3.8) is 0 Å². The standard InChI is InChI=1S/C24H41N5O/c1-3-25-24(27-19-23-8-7-15-29(23)16-17-30-2)26-18-21-9-11-22(12-10-21)20-28-13-5-4-6-14-28/h9-12,23H,3-8,13-20H2,1-2H3,(H2,25,26,27). The molecule has 2 N–H and O–H groups in total. The molecule has 2 aliphatic rings. The normalized spacial score (nSPS) is 21.1. The molecule has 0 saturated carbocycles. The predicted molar refractivity (Wildman–Crippen MR) is 125 cm³/mol. The van der Waals surface area contributed by atoms with E-state index in [4.69, 9.17) is 9.73 Å². The number of likely N-dealkylation sites (tertiary alicyclic amines) is 2. The van der Waals surface area contributed by atoms with Crippen LogP contribution in [-0.4, -0.2) is 74.8 Å². The molecular weight excluding hydrogens is 374 g/mol. The van der Waals surface area contributed by atoms with Crippen LogP contribution in [0.1, 0.15) is 50.2 Å². The minimum Gasteiger partial charge on any atom is -0.383 e. The fourth-order valence-corrected chi connectivity index (χ4v) is 4.48. The van der Waals surface area contributed by atoms with Crippen molar-refractivity contribution < 1.29 is 4.74 Å². The first kappa shape index (κ1) is 23.0. The lowest BCUT2D eigenvalue weighted by Gasteiger charge is -2.26. The Balaban J connectivity index is 1.47. The smallest absolute Gasteiger partial charge is 0.191 e. The van der Waals surface area contributed by atoms with Crippen molar-refractivity contribution in [3.05, 3.63) is 35.4 Å². The maximum atomic E-state index is 5.25. The molecule has 2 aliphatic heterocycles. The third-order valence-corrected chi connectivity index (χ3v) is 6.23. The van der Waals surface area contributed by atoms with Gasteiger partial charge in [0.1, 0.15) is 0 Å². The van der Waals surface area contributed by atoms with Crippen LogP contribution in [0.3, 0.4) is 0 Å². The van der Waals surface area contributed by atoms with Crippen LogP contribution in [0.4, 0.5) is 0 Å². The van der Waals surface area contributed by atoms with Gasteiger partial charge in [-0.1, -0.05) is 30.7 Å². The molecule has 0 amide bonds. The molecule has 2 fully saturated rings. The minimum absolute atomic E-state index is 0.568. The summed E-state index contributed by atoms with van der Waals surface area (Å²) in [7, 11) is 1.78. The monoisotopic (exact) mass is 415 g/mol. The summed E-state index contributed by atoms with van der Waals surface area (Å²) in [6.07, 6.45) is 6.60. The van der Waals surface area contributed by atoms with Crippen molar-refractivity contribution in [2.24, 2.45) is 4.99 Å². The molecule has 6 heteroatoms. The molecule has 1 atom stereocenters. The molecular formula is C24H41N5O. The Morgan fingerprint density at radius 2 is 1.80 bits per heavy atom. The van der Waals surface area contributed by atoms with Crippen molar-refractivity contribution in [1.82, 2.24) is 20.4 Å². The topological polar surface area (TPSA) is 52.1 Å². The summed E-state index contributed by atoms with van der Waals surface area (Å²) in [5.74, 6) is 0.911. The highest BCUT2D eigenvalue weighted by Gasteiger charge is 2.23. The Labute approximate surface area is 183 Å². The summed E-state index contributed by atoms with van der Waals surface area (Å²) in [5.41, 5.74) is 2.67. The Morgan fingerprint density at radius 3 is 2.53 bits per heavy atom. The van der Waals surface area contributed by atoms with Gasteiger partial charge in [0.2, 0.25) is 0 Å². The molecule has 0 aliphatic carbocycles. The van der Waals surface area contributed by atoms with Crippen LogP contribution < -0.4 is 10.6 Å². The van der Waals surface area contributed by atoms with Gasteiger partial charge in [-0.05, 0) is 63.4 Å². The van der Waals surface area contributed by atoms with E-state index < -0.39 is 0 Å².